The van der Waals surface area contributed by atoms with Gasteiger partial charge in [0.25, 0.3) is 0 Å². The van der Waals surface area contributed by atoms with Crippen LogP contribution >= 0.6 is 27.7 Å². The van der Waals surface area contributed by atoms with Crippen LogP contribution in [0.15, 0.2) is 40.1 Å². The summed E-state index contributed by atoms with van der Waals surface area (Å²) in [6.07, 6.45) is 1.66. The average molecular weight is 395 g/mol. The maximum absolute atomic E-state index is 13.4. The van der Waals surface area contributed by atoms with E-state index in [1.807, 2.05) is 6.07 Å². The molecule has 0 saturated carbocycles. The van der Waals surface area contributed by atoms with Crippen LogP contribution in [0.5, 0.6) is 0 Å². The fourth-order valence-corrected chi connectivity index (χ4v) is 2.93. The Morgan fingerprint density at radius 2 is 2.26 bits per heavy atom. The first kappa shape index (κ1) is 15.9. The van der Waals surface area contributed by atoms with Gasteiger partial charge in [0.1, 0.15) is 5.82 Å². The molecule has 0 radical (unpaired) electrons. The number of rotatable bonds is 4. The molecule has 2 aromatic heterocycles. The number of halogens is 2. The lowest BCUT2D eigenvalue weighted by Gasteiger charge is -2.05. The Bertz CT molecular complexity index is 883. The van der Waals surface area contributed by atoms with Crippen molar-refractivity contribution in [3.8, 4) is 0 Å². The largest absolute Gasteiger partial charge is 0.331 e. The van der Waals surface area contributed by atoms with Crippen molar-refractivity contribution in [3.63, 3.8) is 0 Å². The summed E-state index contributed by atoms with van der Waals surface area (Å²) in [5, 5.41) is 3.27. The molecule has 1 amide bonds. The van der Waals surface area contributed by atoms with Crippen LogP contribution in [0.3, 0.4) is 0 Å². The van der Waals surface area contributed by atoms with E-state index in [9.17, 15) is 9.18 Å². The lowest BCUT2D eigenvalue weighted by Crippen LogP contribution is -2.14. The molecule has 0 atom stereocenters. The normalized spacial score (nSPS) is 10.9. The zero-order valence-corrected chi connectivity index (χ0v) is 14.5. The number of fused-ring (bicyclic) bond motifs is 1. The Morgan fingerprint density at radius 3 is 3.04 bits per heavy atom. The molecule has 1 aromatic carbocycles. The Labute approximate surface area is 144 Å². The van der Waals surface area contributed by atoms with Gasteiger partial charge >= 0.3 is 0 Å². The van der Waals surface area contributed by atoms with Crippen molar-refractivity contribution in [2.24, 2.45) is 0 Å². The van der Waals surface area contributed by atoms with Crippen molar-refractivity contribution in [1.82, 2.24) is 15.0 Å². The van der Waals surface area contributed by atoms with E-state index in [0.717, 1.165) is 9.99 Å². The van der Waals surface area contributed by atoms with E-state index in [-0.39, 0.29) is 17.5 Å². The second-order valence-corrected chi connectivity index (χ2v) is 6.75. The van der Waals surface area contributed by atoms with Crippen LogP contribution in [0.4, 0.5) is 10.1 Å². The zero-order valence-electron chi connectivity index (χ0n) is 12.1. The summed E-state index contributed by atoms with van der Waals surface area (Å²) in [6, 6.07) is 6.47. The number of aromatic amines is 1. The van der Waals surface area contributed by atoms with E-state index < -0.39 is 0 Å². The van der Waals surface area contributed by atoms with Crippen LogP contribution < -0.4 is 5.32 Å². The number of nitrogens with one attached hydrogen (secondary N) is 2. The summed E-state index contributed by atoms with van der Waals surface area (Å²) in [5.41, 5.74) is 2.37. The molecule has 0 fully saturated rings. The molecule has 0 aliphatic heterocycles. The zero-order chi connectivity index (χ0) is 16.4. The predicted molar refractivity (Wildman–Crippen MR) is 92.1 cm³/mol. The Balaban J connectivity index is 1.62. The number of thioether (sulfide) groups is 1. The van der Waals surface area contributed by atoms with Gasteiger partial charge < -0.3 is 10.3 Å². The highest BCUT2D eigenvalue weighted by Gasteiger charge is 2.09. The molecule has 23 heavy (non-hydrogen) atoms. The number of aryl methyl sites for hydroxylation is 1. The SMILES string of the molecule is Cc1ccc(NC(=O)CSc2nc3ncc(Br)cc3[nH]2)cc1F. The van der Waals surface area contributed by atoms with Gasteiger partial charge in [-0.1, -0.05) is 17.8 Å². The topological polar surface area (TPSA) is 70.7 Å². The van der Waals surface area contributed by atoms with Crippen LogP contribution in [0.1, 0.15) is 5.56 Å². The minimum absolute atomic E-state index is 0.163. The summed E-state index contributed by atoms with van der Waals surface area (Å²) in [5.74, 6) is -0.409. The minimum Gasteiger partial charge on any atom is -0.331 e. The maximum atomic E-state index is 13.4. The smallest absolute Gasteiger partial charge is 0.234 e. The van der Waals surface area contributed by atoms with E-state index in [1.54, 1.807) is 25.3 Å². The lowest BCUT2D eigenvalue weighted by molar-refractivity contribution is -0.113. The van der Waals surface area contributed by atoms with Gasteiger partial charge in [-0.15, -0.1) is 0 Å². The van der Waals surface area contributed by atoms with Crippen LogP contribution in [0.2, 0.25) is 0 Å². The second kappa shape index (κ2) is 6.67. The molecule has 118 valence electrons. The van der Waals surface area contributed by atoms with Crippen LogP contribution in [-0.4, -0.2) is 26.6 Å². The monoisotopic (exact) mass is 394 g/mol. The number of benzene rings is 1. The van der Waals surface area contributed by atoms with Gasteiger partial charge in [-0.2, -0.15) is 0 Å². The van der Waals surface area contributed by atoms with Gasteiger partial charge in [0.05, 0.1) is 11.3 Å². The number of aromatic nitrogens is 3. The standard InChI is InChI=1S/C15H12BrFN4OS/c1-8-2-3-10(5-11(8)17)19-13(22)7-23-15-20-12-4-9(16)6-18-14(12)21-15/h2-6H,7H2,1H3,(H,19,22)(H,18,20,21). The van der Waals surface area contributed by atoms with Gasteiger partial charge in [-0.3, -0.25) is 4.79 Å². The molecular formula is C15H12BrFN4OS. The van der Waals surface area contributed by atoms with Crippen molar-refractivity contribution in [2.75, 3.05) is 11.1 Å². The first-order valence-electron chi connectivity index (χ1n) is 6.71. The Morgan fingerprint density at radius 1 is 1.43 bits per heavy atom. The summed E-state index contributed by atoms with van der Waals surface area (Å²) in [6.45, 7) is 1.67. The van der Waals surface area contributed by atoms with Gasteiger partial charge in [0.15, 0.2) is 10.8 Å². The molecule has 3 aromatic rings. The van der Waals surface area contributed by atoms with Crippen molar-refractivity contribution < 1.29 is 9.18 Å². The molecule has 0 bridgehead atoms. The predicted octanol–water partition coefficient (Wildman–Crippen LogP) is 3.90. The first-order valence-corrected chi connectivity index (χ1v) is 8.49. The van der Waals surface area contributed by atoms with Crippen LogP contribution in [-0.2, 0) is 4.79 Å². The highest BCUT2D eigenvalue weighted by atomic mass is 79.9. The molecule has 0 unspecified atom stereocenters. The number of anilines is 1. The quantitative estimate of drug-likeness (QED) is 0.658. The number of H-pyrrole nitrogens is 1. The molecule has 0 saturated heterocycles. The summed E-state index contributed by atoms with van der Waals surface area (Å²) < 4.78 is 14.3. The van der Waals surface area contributed by atoms with Crippen molar-refractivity contribution in [1.29, 1.82) is 0 Å². The van der Waals surface area contributed by atoms with Gasteiger partial charge in [-0.25, -0.2) is 14.4 Å². The van der Waals surface area contributed by atoms with Crippen molar-refractivity contribution >= 4 is 50.5 Å². The first-order chi connectivity index (χ1) is 11.0. The number of carbonyl (C=O) groups excluding carboxylic acids is 1. The van der Waals surface area contributed by atoms with Gasteiger partial charge in [0.2, 0.25) is 5.91 Å². The van der Waals surface area contributed by atoms with E-state index in [4.69, 9.17) is 0 Å². The summed E-state index contributed by atoms with van der Waals surface area (Å²) in [7, 11) is 0. The highest BCUT2D eigenvalue weighted by Crippen LogP contribution is 2.21. The van der Waals surface area contributed by atoms with Gasteiger partial charge in [-0.05, 0) is 46.6 Å². The molecule has 0 aliphatic rings. The third-order valence-electron chi connectivity index (χ3n) is 3.08. The van der Waals surface area contributed by atoms with E-state index >= 15 is 0 Å². The third-order valence-corrected chi connectivity index (χ3v) is 4.38. The fourth-order valence-electron chi connectivity index (χ4n) is 1.92. The number of hydrogen-bond acceptors (Lipinski definition) is 4. The molecular weight excluding hydrogens is 383 g/mol. The second-order valence-electron chi connectivity index (χ2n) is 4.87. The number of pyridine rings is 1. The molecule has 5 nitrogen and oxygen atoms in total. The van der Waals surface area contributed by atoms with Crippen LogP contribution in [0, 0.1) is 12.7 Å². The Hall–Kier alpha value is -1.93. The number of carbonyl (C=O) groups is 1. The van der Waals surface area contributed by atoms with Crippen LogP contribution in [0.25, 0.3) is 11.2 Å². The van der Waals surface area contributed by atoms with Crippen molar-refractivity contribution in [3.05, 3.63) is 46.3 Å². The number of hydrogen-bond donors (Lipinski definition) is 2. The summed E-state index contributed by atoms with van der Waals surface area (Å²) >= 11 is 4.60. The number of nitrogens with zero attached hydrogens (tertiary/aromatic N) is 2. The van der Waals surface area contributed by atoms with Crippen molar-refractivity contribution in [2.45, 2.75) is 12.1 Å². The average Bonchev–Trinajstić information content (AvgIpc) is 2.91. The number of amides is 1. The molecule has 2 N–H and O–H groups in total. The lowest BCUT2D eigenvalue weighted by atomic mass is 10.2. The third kappa shape index (κ3) is 3.89. The molecule has 8 heteroatoms. The summed E-state index contributed by atoms with van der Waals surface area (Å²) in [4.78, 5) is 23.5. The van der Waals surface area contributed by atoms with Gasteiger partial charge in [0, 0.05) is 16.4 Å². The molecule has 0 spiro atoms. The van der Waals surface area contributed by atoms with E-state index in [2.05, 4.69) is 36.2 Å². The van der Waals surface area contributed by atoms with E-state index in [1.165, 1.54) is 17.8 Å². The molecule has 3 rings (SSSR count). The molecule has 2 heterocycles. The number of imidazole rings is 1. The fraction of sp³-hybridized carbons (Fsp3) is 0.133. The highest BCUT2D eigenvalue weighted by molar-refractivity contribution is 9.10. The molecule has 0 aliphatic carbocycles. The Kier molecular flexibility index (Phi) is 4.63. The minimum atomic E-state index is -0.343. The maximum Gasteiger partial charge on any atom is 0.234 e. The van der Waals surface area contributed by atoms with E-state index in [0.29, 0.717) is 22.1 Å².